The Bertz CT molecular complexity index is 896. The Hall–Kier alpha value is -2.37. The number of urea groups is 1. The fourth-order valence-electron chi connectivity index (χ4n) is 5.19. The summed E-state index contributed by atoms with van der Waals surface area (Å²) >= 11 is 0. The molecule has 2 heterocycles. The molecule has 0 spiro atoms. The highest BCUT2D eigenvalue weighted by atomic mass is 16.3. The maximum absolute atomic E-state index is 12.7. The molecule has 0 aromatic heterocycles. The number of aryl methyl sites for hydroxylation is 1. The molecule has 5 nitrogen and oxygen atoms in total. The van der Waals surface area contributed by atoms with E-state index in [1.54, 1.807) is 0 Å². The lowest BCUT2D eigenvalue weighted by Gasteiger charge is -2.57. The molecule has 31 heavy (non-hydrogen) atoms. The van der Waals surface area contributed by atoms with Crippen LogP contribution in [0.3, 0.4) is 0 Å². The Balaban J connectivity index is 1.55. The van der Waals surface area contributed by atoms with Crippen molar-refractivity contribution in [1.29, 1.82) is 0 Å². The van der Waals surface area contributed by atoms with Gasteiger partial charge in [-0.15, -0.1) is 0 Å². The second kappa shape index (κ2) is 9.41. The molecular formula is C26H35N3O2. The standard InChI is InChI=1S/C26H35N3O2/c1-18(2)27-26(31)28-13-4-5-14-29-23(16-28)25(24(29)17-30)21-11-9-20(10-12-21)22-8-6-7-19(3)15-22/h6-12,15,18,23-25,30H,4-5,13-14,16-17H2,1-3H3,(H,27,31)/t23-,24+,25-/m1/s1. The number of aliphatic hydroxyl groups excluding tert-OH is 1. The molecule has 2 aromatic rings. The Labute approximate surface area is 186 Å². The fourth-order valence-corrected chi connectivity index (χ4v) is 5.19. The van der Waals surface area contributed by atoms with Crippen molar-refractivity contribution in [3.63, 3.8) is 0 Å². The second-order valence-corrected chi connectivity index (χ2v) is 9.33. The lowest BCUT2D eigenvalue weighted by molar-refractivity contribution is -0.0591. The first kappa shape index (κ1) is 21.8. The van der Waals surface area contributed by atoms with Gasteiger partial charge in [-0.1, -0.05) is 54.1 Å². The molecule has 0 saturated carbocycles. The quantitative estimate of drug-likeness (QED) is 0.784. The molecule has 2 saturated heterocycles. The second-order valence-electron chi connectivity index (χ2n) is 9.33. The Kier molecular flexibility index (Phi) is 6.63. The number of hydrogen-bond acceptors (Lipinski definition) is 3. The Morgan fingerprint density at radius 1 is 1.10 bits per heavy atom. The van der Waals surface area contributed by atoms with Gasteiger partial charge in [0.2, 0.25) is 0 Å². The number of carbonyl (C=O) groups excluding carboxylic acids is 1. The van der Waals surface area contributed by atoms with Crippen LogP contribution in [0, 0.1) is 6.92 Å². The number of fused-ring (bicyclic) bond motifs is 1. The molecule has 2 aromatic carbocycles. The molecule has 3 atom stereocenters. The maximum Gasteiger partial charge on any atom is 0.317 e. The minimum Gasteiger partial charge on any atom is -0.395 e. The molecule has 0 bridgehead atoms. The summed E-state index contributed by atoms with van der Waals surface area (Å²) in [5, 5.41) is 13.2. The van der Waals surface area contributed by atoms with Crippen molar-refractivity contribution < 1.29 is 9.90 Å². The smallest absolute Gasteiger partial charge is 0.317 e. The highest BCUT2D eigenvalue weighted by Gasteiger charge is 2.49. The molecule has 2 aliphatic heterocycles. The van der Waals surface area contributed by atoms with Gasteiger partial charge in [0, 0.05) is 37.1 Å². The summed E-state index contributed by atoms with van der Waals surface area (Å²) in [6, 6.07) is 17.9. The van der Waals surface area contributed by atoms with Gasteiger partial charge in [-0.3, -0.25) is 4.90 Å². The van der Waals surface area contributed by atoms with Gasteiger partial charge in [0.15, 0.2) is 0 Å². The van der Waals surface area contributed by atoms with Crippen LogP contribution in [0.2, 0.25) is 0 Å². The van der Waals surface area contributed by atoms with Crippen molar-refractivity contribution in [2.75, 3.05) is 26.2 Å². The third-order valence-corrected chi connectivity index (χ3v) is 6.72. The molecular weight excluding hydrogens is 386 g/mol. The van der Waals surface area contributed by atoms with E-state index in [0.29, 0.717) is 6.54 Å². The van der Waals surface area contributed by atoms with Crippen molar-refractivity contribution in [3.05, 3.63) is 59.7 Å². The zero-order valence-corrected chi connectivity index (χ0v) is 18.9. The van der Waals surface area contributed by atoms with E-state index in [4.69, 9.17) is 0 Å². The number of aliphatic hydroxyl groups is 1. The molecule has 2 amide bonds. The van der Waals surface area contributed by atoms with Crippen LogP contribution in [0.4, 0.5) is 4.79 Å². The fraction of sp³-hybridized carbons (Fsp3) is 0.500. The van der Waals surface area contributed by atoms with E-state index in [1.165, 1.54) is 22.3 Å². The van der Waals surface area contributed by atoms with E-state index in [-0.39, 0.29) is 36.7 Å². The van der Waals surface area contributed by atoms with Crippen molar-refractivity contribution in [2.24, 2.45) is 0 Å². The van der Waals surface area contributed by atoms with Gasteiger partial charge in [0.05, 0.1) is 6.61 Å². The first-order valence-corrected chi connectivity index (χ1v) is 11.6. The highest BCUT2D eigenvalue weighted by Crippen LogP contribution is 2.42. The summed E-state index contributed by atoms with van der Waals surface area (Å²) in [7, 11) is 0. The normalized spacial score (nSPS) is 24.2. The lowest BCUT2D eigenvalue weighted by Crippen LogP contribution is -2.68. The molecule has 2 fully saturated rings. The third kappa shape index (κ3) is 4.63. The van der Waals surface area contributed by atoms with Crippen LogP contribution in [0.1, 0.15) is 43.7 Å². The van der Waals surface area contributed by atoms with E-state index in [9.17, 15) is 9.90 Å². The molecule has 5 heteroatoms. The third-order valence-electron chi connectivity index (χ3n) is 6.72. The topological polar surface area (TPSA) is 55.8 Å². The minimum absolute atomic E-state index is 0.0258. The van der Waals surface area contributed by atoms with E-state index >= 15 is 0 Å². The van der Waals surface area contributed by atoms with Gasteiger partial charge in [-0.2, -0.15) is 0 Å². The van der Waals surface area contributed by atoms with E-state index in [0.717, 1.165) is 25.9 Å². The number of carbonyl (C=O) groups is 1. The van der Waals surface area contributed by atoms with Crippen molar-refractivity contribution in [1.82, 2.24) is 15.1 Å². The number of rotatable bonds is 4. The van der Waals surface area contributed by atoms with E-state index < -0.39 is 0 Å². The summed E-state index contributed by atoms with van der Waals surface area (Å²) < 4.78 is 0. The van der Waals surface area contributed by atoms with Crippen LogP contribution >= 0.6 is 0 Å². The molecule has 0 radical (unpaired) electrons. The summed E-state index contributed by atoms with van der Waals surface area (Å²) in [6.07, 6.45) is 2.06. The number of hydrogen-bond donors (Lipinski definition) is 2. The van der Waals surface area contributed by atoms with Gasteiger partial charge < -0.3 is 15.3 Å². The predicted octanol–water partition coefficient (Wildman–Crippen LogP) is 4.00. The average Bonchev–Trinajstić information content (AvgIpc) is 2.72. The summed E-state index contributed by atoms with van der Waals surface area (Å²) in [4.78, 5) is 17.1. The van der Waals surface area contributed by atoms with Crippen LogP contribution in [0.5, 0.6) is 0 Å². The minimum atomic E-state index is 0.0258. The van der Waals surface area contributed by atoms with E-state index in [2.05, 4.69) is 65.7 Å². The molecule has 0 unspecified atom stereocenters. The van der Waals surface area contributed by atoms with Crippen LogP contribution in [-0.2, 0) is 0 Å². The largest absolute Gasteiger partial charge is 0.395 e. The van der Waals surface area contributed by atoms with Crippen molar-refractivity contribution >= 4 is 6.03 Å². The van der Waals surface area contributed by atoms with Gasteiger partial charge in [-0.05, 0) is 56.8 Å². The van der Waals surface area contributed by atoms with Gasteiger partial charge in [-0.25, -0.2) is 4.79 Å². The van der Waals surface area contributed by atoms with Gasteiger partial charge in [0.25, 0.3) is 0 Å². The van der Waals surface area contributed by atoms with Crippen molar-refractivity contribution in [2.45, 2.75) is 57.7 Å². The number of benzene rings is 2. The van der Waals surface area contributed by atoms with Crippen LogP contribution in [0.15, 0.2) is 48.5 Å². The monoisotopic (exact) mass is 421 g/mol. The predicted molar refractivity (Wildman–Crippen MR) is 125 cm³/mol. The molecule has 166 valence electrons. The Morgan fingerprint density at radius 2 is 1.84 bits per heavy atom. The van der Waals surface area contributed by atoms with Crippen LogP contribution in [-0.4, -0.2) is 65.3 Å². The van der Waals surface area contributed by atoms with Crippen LogP contribution in [0.25, 0.3) is 11.1 Å². The zero-order chi connectivity index (χ0) is 22.0. The lowest BCUT2D eigenvalue weighted by atomic mass is 9.74. The van der Waals surface area contributed by atoms with E-state index in [1.807, 2.05) is 18.7 Å². The maximum atomic E-state index is 12.7. The van der Waals surface area contributed by atoms with Crippen molar-refractivity contribution in [3.8, 4) is 11.1 Å². The summed E-state index contributed by atoms with van der Waals surface area (Å²) in [5.74, 6) is 0.240. The number of nitrogens with one attached hydrogen (secondary N) is 1. The van der Waals surface area contributed by atoms with Gasteiger partial charge in [0.1, 0.15) is 0 Å². The Morgan fingerprint density at radius 3 is 2.52 bits per heavy atom. The molecule has 4 rings (SSSR count). The summed E-state index contributed by atoms with van der Waals surface area (Å²) in [6.45, 7) is 8.76. The van der Waals surface area contributed by atoms with Crippen LogP contribution < -0.4 is 5.32 Å². The number of nitrogens with zero attached hydrogens (tertiary/aromatic N) is 2. The number of amides is 2. The molecule has 0 aliphatic carbocycles. The SMILES string of the molecule is Cc1cccc(-c2ccc([C@@H]3[C@H]4CN(C(=O)NC(C)C)CCCCN4[C@H]3CO)cc2)c1. The molecule has 2 N–H and O–H groups in total. The highest BCUT2D eigenvalue weighted by molar-refractivity contribution is 5.74. The van der Waals surface area contributed by atoms with Gasteiger partial charge >= 0.3 is 6.03 Å². The zero-order valence-electron chi connectivity index (χ0n) is 18.9. The average molecular weight is 422 g/mol. The molecule has 2 aliphatic rings. The first-order chi connectivity index (χ1) is 15.0. The first-order valence-electron chi connectivity index (χ1n) is 11.6. The summed E-state index contributed by atoms with van der Waals surface area (Å²) in [5.41, 5.74) is 4.94.